The second-order valence-corrected chi connectivity index (χ2v) is 7.90. The minimum Gasteiger partial charge on any atom is -0.356 e. The number of rotatable bonds is 9. The van der Waals surface area contributed by atoms with Gasteiger partial charge in [-0.25, -0.2) is 4.39 Å². The van der Waals surface area contributed by atoms with Crippen molar-refractivity contribution < 1.29 is 14.0 Å². The van der Waals surface area contributed by atoms with E-state index >= 15 is 0 Å². The summed E-state index contributed by atoms with van der Waals surface area (Å²) >= 11 is 0. The number of halogens is 1. The summed E-state index contributed by atoms with van der Waals surface area (Å²) in [4.78, 5) is 26.1. The zero-order valence-electron chi connectivity index (χ0n) is 16.0. The molecule has 1 aliphatic carbocycles. The van der Waals surface area contributed by atoms with Gasteiger partial charge in [0, 0.05) is 45.1 Å². The number of nitrogens with one attached hydrogen (secondary N) is 2. The maximum absolute atomic E-state index is 13.2. The Balaban J connectivity index is 1.45. The van der Waals surface area contributed by atoms with Gasteiger partial charge in [0.15, 0.2) is 0 Å². The van der Waals surface area contributed by atoms with Crippen LogP contribution in [0.25, 0.3) is 0 Å². The van der Waals surface area contributed by atoms with Crippen molar-refractivity contribution in [3.63, 3.8) is 0 Å². The molecule has 0 spiro atoms. The molecule has 0 bridgehead atoms. The minimum atomic E-state index is -0.245. The van der Waals surface area contributed by atoms with Crippen LogP contribution in [0.3, 0.4) is 0 Å². The topological polar surface area (TPSA) is 61.4 Å². The molecule has 6 heteroatoms. The number of hydrogen-bond donors (Lipinski definition) is 2. The molecule has 1 aliphatic heterocycles. The summed E-state index contributed by atoms with van der Waals surface area (Å²) in [7, 11) is 0. The zero-order chi connectivity index (χ0) is 19.2. The number of hydrogen-bond acceptors (Lipinski definition) is 3. The van der Waals surface area contributed by atoms with Crippen LogP contribution < -0.4 is 10.6 Å². The molecule has 0 unspecified atom stereocenters. The molecule has 0 radical (unpaired) electrons. The van der Waals surface area contributed by atoms with Crippen molar-refractivity contribution in [2.45, 2.75) is 57.5 Å². The molecular weight excluding hydrogens is 345 g/mol. The Labute approximate surface area is 160 Å². The molecule has 3 rings (SSSR count). The van der Waals surface area contributed by atoms with Crippen LogP contribution in [0.1, 0.15) is 44.6 Å². The van der Waals surface area contributed by atoms with E-state index in [-0.39, 0.29) is 23.7 Å². The maximum Gasteiger partial charge on any atom is 0.221 e. The summed E-state index contributed by atoms with van der Waals surface area (Å²) in [5.74, 6) is 0.560. The van der Waals surface area contributed by atoms with Gasteiger partial charge in [0.05, 0.1) is 0 Å². The average molecular weight is 375 g/mol. The summed E-state index contributed by atoms with van der Waals surface area (Å²) in [6.45, 7) is 3.77. The monoisotopic (exact) mass is 375 g/mol. The summed E-state index contributed by atoms with van der Waals surface area (Å²) in [5.41, 5.74) is 0.891. The van der Waals surface area contributed by atoms with Crippen LogP contribution in [0.5, 0.6) is 0 Å². The molecule has 2 atom stereocenters. The largest absolute Gasteiger partial charge is 0.356 e. The number of nitrogens with zero attached hydrogens (tertiary/aromatic N) is 1. The van der Waals surface area contributed by atoms with Crippen LogP contribution >= 0.6 is 0 Å². The fourth-order valence-corrected chi connectivity index (χ4v) is 3.94. The van der Waals surface area contributed by atoms with Gasteiger partial charge < -0.3 is 10.6 Å². The number of benzene rings is 1. The maximum atomic E-state index is 13.2. The van der Waals surface area contributed by atoms with Crippen molar-refractivity contribution in [3.8, 4) is 0 Å². The molecule has 1 aromatic rings. The molecule has 5 nitrogen and oxygen atoms in total. The van der Waals surface area contributed by atoms with Gasteiger partial charge >= 0.3 is 0 Å². The second kappa shape index (κ2) is 9.31. The quantitative estimate of drug-likeness (QED) is 0.696. The molecule has 1 aromatic carbocycles. The standard InChI is InChI=1S/C21H30FN3O2/c1-15(26)24-13-20-8-7-19(25(20)14-17-5-6-17)12-21(27)23-10-9-16-3-2-4-18(22)11-16/h2-4,11,17,19-20H,5-10,12-14H2,1H3,(H,23,27)(H,24,26)/t19-,20+/m1/s1. The smallest absolute Gasteiger partial charge is 0.221 e. The van der Waals surface area contributed by atoms with E-state index in [0.29, 0.717) is 32.0 Å². The minimum absolute atomic E-state index is 0.0000799. The van der Waals surface area contributed by atoms with Crippen LogP contribution in [0.2, 0.25) is 0 Å². The third-order valence-electron chi connectivity index (χ3n) is 5.57. The van der Waals surface area contributed by atoms with Crippen LogP contribution in [-0.4, -0.2) is 48.4 Å². The predicted octanol–water partition coefficient (Wildman–Crippen LogP) is 2.25. The summed E-state index contributed by atoms with van der Waals surface area (Å²) < 4.78 is 13.2. The Kier molecular flexibility index (Phi) is 6.83. The first kappa shape index (κ1) is 19.8. The van der Waals surface area contributed by atoms with Crippen molar-refractivity contribution in [2.24, 2.45) is 5.92 Å². The highest BCUT2D eigenvalue weighted by Crippen LogP contribution is 2.35. The molecule has 1 saturated heterocycles. The Morgan fingerprint density at radius 1 is 1.15 bits per heavy atom. The number of amides is 2. The number of likely N-dealkylation sites (tertiary alicyclic amines) is 1. The zero-order valence-corrected chi connectivity index (χ0v) is 16.0. The highest BCUT2D eigenvalue weighted by molar-refractivity contribution is 5.76. The summed E-state index contributed by atoms with van der Waals surface area (Å²) in [6, 6.07) is 7.07. The van der Waals surface area contributed by atoms with Gasteiger partial charge in [-0.3, -0.25) is 14.5 Å². The third-order valence-corrected chi connectivity index (χ3v) is 5.57. The average Bonchev–Trinajstić information content (AvgIpc) is 3.36. The van der Waals surface area contributed by atoms with E-state index in [1.165, 1.54) is 25.0 Å². The normalized spacial score (nSPS) is 22.6. The van der Waals surface area contributed by atoms with Gasteiger partial charge in [-0.1, -0.05) is 12.1 Å². The van der Waals surface area contributed by atoms with E-state index < -0.39 is 0 Å². The van der Waals surface area contributed by atoms with Crippen molar-refractivity contribution in [1.29, 1.82) is 0 Å². The number of carbonyl (C=O) groups is 2. The first-order valence-electron chi connectivity index (χ1n) is 10.0. The lowest BCUT2D eigenvalue weighted by Gasteiger charge is -2.30. The molecule has 27 heavy (non-hydrogen) atoms. The second-order valence-electron chi connectivity index (χ2n) is 7.90. The van der Waals surface area contributed by atoms with E-state index in [4.69, 9.17) is 0 Å². The van der Waals surface area contributed by atoms with E-state index in [1.807, 2.05) is 6.07 Å². The molecular formula is C21H30FN3O2. The first-order valence-corrected chi connectivity index (χ1v) is 10.0. The highest BCUT2D eigenvalue weighted by Gasteiger charge is 2.37. The van der Waals surface area contributed by atoms with E-state index in [0.717, 1.165) is 30.9 Å². The van der Waals surface area contributed by atoms with Gasteiger partial charge in [0.25, 0.3) is 0 Å². The van der Waals surface area contributed by atoms with Crippen LogP contribution in [0.15, 0.2) is 24.3 Å². The molecule has 1 heterocycles. The summed E-state index contributed by atoms with van der Waals surface area (Å²) in [6.07, 6.45) is 5.69. The molecule has 148 valence electrons. The Morgan fingerprint density at radius 3 is 2.63 bits per heavy atom. The van der Waals surface area contributed by atoms with E-state index in [2.05, 4.69) is 15.5 Å². The van der Waals surface area contributed by atoms with Crippen LogP contribution in [0, 0.1) is 11.7 Å². The fourth-order valence-electron chi connectivity index (χ4n) is 3.94. The third kappa shape index (κ3) is 6.31. The van der Waals surface area contributed by atoms with E-state index in [1.54, 1.807) is 13.0 Å². The molecule has 1 saturated carbocycles. The summed E-state index contributed by atoms with van der Waals surface area (Å²) in [5, 5.41) is 5.90. The van der Waals surface area contributed by atoms with Crippen molar-refractivity contribution >= 4 is 11.8 Å². The fraction of sp³-hybridized carbons (Fsp3) is 0.619. The number of carbonyl (C=O) groups excluding carboxylic acids is 2. The lowest BCUT2D eigenvalue weighted by molar-refractivity contribution is -0.122. The first-order chi connectivity index (χ1) is 13.0. The predicted molar refractivity (Wildman–Crippen MR) is 103 cm³/mol. The van der Waals surface area contributed by atoms with Crippen molar-refractivity contribution in [1.82, 2.24) is 15.5 Å². The van der Waals surface area contributed by atoms with Gasteiger partial charge in [0.1, 0.15) is 5.82 Å². The SMILES string of the molecule is CC(=O)NC[C@@H]1CC[C@H](CC(=O)NCCc2cccc(F)c2)N1CC1CC1. The van der Waals surface area contributed by atoms with Crippen LogP contribution in [0.4, 0.5) is 4.39 Å². The van der Waals surface area contributed by atoms with Gasteiger partial charge in [0.2, 0.25) is 11.8 Å². The van der Waals surface area contributed by atoms with Gasteiger partial charge in [-0.05, 0) is 55.7 Å². The lowest BCUT2D eigenvalue weighted by Crippen LogP contribution is -2.45. The lowest BCUT2D eigenvalue weighted by atomic mass is 10.1. The van der Waals surface area contributed by atoms with Crippen molar-refractivity contribution in [3.05, 3.63) is 35.6 Å². The molecule has 2 fully saturated rings. The Bertz CT molecular complexity index is 663. The molecule has 0 aromatic heterocycles. The highest BCUT2D eigenvalue weighted by atomic mass is 19.1. The van der Waals surface area contributed by atoms with E-state index in [9.17, 15) is 14.0 Å². The molecule has 2 N–H and O–H groups in total. The Morgan fingerprint density at radius 2 is 1.93 bits per heavy atom. The Hall–Kier alpha value is -1.95. The van der Waals surface area contributed by atoms with Gasteiger partial charge in [-0.2, -0.15) is 0 Å². The van der Waals surface area contributed by atoms with Gasteiger partial charge in [-0.15, -0.1) is 0 Å². The molecule has 2 aliphatic rings. The molecule has 2 amide bonds. The van der Waals surface area contributed by atoms with Crippen molar-refractivity contribution in [2.75, 3.05) is 19.6 Å². The van der Waals surface area contributed by atoms with Crippen LogP contribution in [-0.2, 0) is 16.0 Å².